The van der Waals surface area contributed by atoms with E-state index in [1.54, 1.807) is 23.1 Å². The molecule has 2 heterocycles. The number of rotatable bonds is 4. The van der Waals surface area contributed by atoms with E-state index in [9.17, 15) is 18.4 Å². The average Bonchev–Trinajstić information content (AvgIpc) is 2.97. The maximum absolute atomic E-state index is 13.4. The van der Waals surface area contributed by atoms with Gasteiger partial charge >= 0.3 is 0 Å². The van der Waals surface area contributed by atoms with Crippen molar-refractivity contribution in [3.63, 3.8) is 0 Å². The lowest BCUT2D eigenvalue weighted by Crippen LogP contribution is -2.44. The van der Waals surface area contributed by atoms with Crippen LogP contribution in [0.4, 0.5) is 8.78 Å². The van der Waals surface area contributed by atoms with Crippen molar-refractivity contribution in [3.8, 4) is 0 Å². The first-order valence-corrected chi connectivity index (χ1v) is 9.97. The molecule has 2 aliphatic heterocycles. The van der Waals surface area contributed by atoms with Crippen LogP contribution in [0.5, 0.6) is 0 Å². The zero-order valence-corrected chi connectivity index (χ0v) is 16.2. The summed E-state index contributed by atoms with van der Waals surface area (Å²) in [6.45, 7) is 2.28. The summed E-state index contributed by atoms with van der Waals surface area (Å²) in [5.41, 5.74) is 1.35. The molecule has 0 bridgehead atoms. The molecule has 2 aromatic rings. The van der Waals surface area contributed by atoms with E-state index in [4.69, 9.17) is 0 Å². The van der Waals surface area contributed by atoms with Crippen LogP contribution in [0, 0.1) is 17.0 Å². The second-order valence-corrected chi connectivity index (χ2v) is 8.24. The molecule has 0 unspecified atom stereocenters. The van der Waals surface area contributed by atoms with Gasteiger partial charge in [-0.2, -0.15) is 0 Å². The number of carbonyl (C=O) groups is 2. The minimum atomic E-state index is -0.337. The maximum Gasteiger partial charge on any atom is 0.226 e. The fourth-order valence-corrected chi connectivity index (χ4v) is 4.48. The second-order valence-electron chi connectivity index (χ2n) is 8.24. The number of benzene rings is 2. The quantitative estimate of drug-likeness (QED) is 0.790. The van der Waals surface area contributed by atoms with Crippen LogP contribution in [-0.2, 0) is 22.6 Å². The van der Waals surface area contributed by atoms with E-state index in [-0.39, 0.29) is 35.3 Å². The predicted molar refractivity (Wildman–Crippen MR) is 105 cm³/mol. The summed E-state index contributed by atoms with van der Waals surface area (Å²) in [5, 5.41) is 0. The fraction of sp³-hybridized carbons (Fsp3) is 0.391. The van der Waals surface area contributed by atoms with Gasteiger partial charge in [-0.1, -0.05) is 24.3 Å². The number of nitrogens with zero attached hydrogens (tertiary/aromatic N) is 2. The van der Waals surface area contributed by atoms with Crippen LogP contribution < -0.4 is 0 Å². The van der Waals surface area contributed by atoms with Crippen LogP contribution in [0.25, 0.3) is 0 Å². The van der Waals surface area contributed by atoms with Gasteiger partial charge in [-0.15, -0.1) is 0 Å². The Balaban J connectivity index is 1.34. The molecule has 152 valence electrons. The van der Waals surface area contributed by atoms with E-state index >= 15 is 0 Å². The van der Waals surface area contributed by atoms with Crippen LogP contribution in [0.3, 0.4) is 0 Å². The molecule has 0 saturated carbocycles. The fourth-order valence-electron chi connectivity index (χ4n) is 4.48. The molecule has 2 fully saturated rings. The number of piperidine rings is 1. The second kappa shape index (κ2) is 7.93. The molecule has 0 radical (unpaired) electrons. The average molecular weight is 398 g/mol. The number of hydrogen-bond acceptors (Lipinski definition) is 2. The molecule has 0 N–H and O–H groups in total. The number of halogens is 2. The first-order chi connectivity index (χ1) is 13.9. The molecule has 2 aliphatic rings. The minimum absolute atomic E-state index is 0.00797. The van der Waals surface area contributed by atoms with Gasteiger partial charge in [0.05, 0.1) is 6.42 Å². The molecule has 0 atom stereocenters. The van der Waals surface area contributed by atoms with Gasteiger partial charge < -0.3 is 9.80 Å². The molecule has 2 amide bonds. The summed E-state index contributed by atoms with van der Waals surface area (Å²) < 4.78 is 26.8. The molecule has 2 saturated heterocycles. The lowest BCUT2D eigenvalue weighted by molar-refractivity contribution is -0.132. The van der Waals surface area contributed by atoms with Crippen LogP contribution in [-0.4, -0.2) is 41.2 Å². The van der Waals surface area contributed by atoms with Gasteiger partial charge in [0.15, 0.2) is 0 Å². The first-order valence-electron chi connectivity index (χ1n) is 9.97. The third kappa shape index (κ3) is 4.47. The highest BCUT2D eigenvalue weighted by Crippen LogP contribution is 2.41. The van der Waals surface area contributed by atoms with Gasteiger partial charge in [0.25, 0.3) is 0 Å². The molecule has 1 spiro atoms. The van der Waals surface area contributed by atoms with Crippen LogP contribution in [0.1, 0.15) is 30.4 Å². The topological polar surface area (TPSA) is 40.6 Å². The minimum Gasteiger partial charge on any atom is -0.342 e. The molecule has 29 heavy (non-hydrogen) atoms. The van der Waals surface area contributed by atoms with Crippen molar-refractivity contribution in [2.75, 3.05) is 19.6 Å². The SMILES string of the molecule is O=C(Cc1cccc(F)c1)N1CCC2(CC1)CC(=O)N(Cc1cccc(F)c1)C2. The summed E-state index contributed by atoms with van der Waals surface area (Å²) in [5.74, 6) is -0.551. The highest BCUT2D eigenvalue weighted by atomic mass is 19.1. The van der Waals surface area contributed by atoms with Crippen molar-refractivity contribution >= 4 is 11.8 Å². The van der Waals surface area contributed by atoms with Crippen molar-refractivity contribution in [3.05, 3.63) is 71.3 Å². The Morgan fingerprint density at radius 3 is 2.24 bits per heavy atom. The number of amides is 2. The summed E-state index contributed by atoms with van der Waals surface area (Å²) in [4.78, 5) is 28.7. The Hall–Kier alpha value is -2.76. The molecule has 6 heteroatoms. The number of carbonyl (C=O) groups excluding carboxylic acids is 2. The predicted octanol–water partition coefficient (Wildman–Crippen LogP) is 3.55. The Morgan fingerprint density at radius 1 is 0.966 bits per heavy atom. The monoisotopic (exact) mass is 398 g/mol. The number of likely N-dealkylation sites (tertiary alicyclic amines) is 2. The van der Waals surface area contributed by atoms with Crippen molar-refractivity contribution in [1.29, 1.82) is 0 Å². The lowest BCUT2D eigenvalue weighted by atomic mass is 9.77. The first kappa shape index (κ1) is 19.6. The normalized spacial score (nSPS) is 18.5. The van der Waals surface area contributed by atoms with Crippen LogP contribution >= 0.6 is 0 Å². The van der Waals surface area contributed by atoms with E-state index in [1.165, 1.54) is 24.3 Å². The molecular formula is C23H24F2N2O2. The van der Waals surface area contributed by atoms with E-state index < -0.39 is 0 Å². The Morgan fingerprint density at radius 2 is 1.59 bits per heavy atom. The molecule has 4 rings (SSSR count). The van der Waals surface area contributed by atoms with Gasteiger partial charge in [0, 0.05) is 38.0 Å². The number of hydrogen-bond donors (Lipinski definition) is 0. The van der Waals surface area contributed by atoms with Crippen molar-refractivity contribution in [1.82, 2.24) is 9.80 Å². The standard InChI is InChI=1S/C23H24F2N2O2/c24-19-5-1-3-17(11-19)13-21(28)26-9-7-23(8-10-26)14-22(29)27(16-23)15-18-4-2-6-20(25)12-18/h1-6,11-12H,7-10,13-16H2. The van der Waals surface area contributed by atoms with Gasteiger partial charge in [-0.05, 0) is 48.2 Å². The Bertz CT molecular complexity index is 923. The van der Waals surface area contributed by atoms with E-state index in [2.05, 4.69) is 0 Å². The zero-order valence-electron chi connectivity index (χ0n) is 16.2. The van der Waals surface area contributed by atoms with Gasteiger partial charge in [-0.25, -0.2) is 8.78 Å². The molecule has 0 aliphatic carbocycles. The van der Waals surface area contributed by atoms with E-state index in [1.807, 2.05) is 11.0 Å². The molecule has 2 aromatic carbocycles. The third-order valence-electron chi connectivity index (χ3n) is 6.09. The summed E-state index contributed by atoms with van der Waals surface area (Å²) in [7, 11) is 0. The molecular weight excluding hydrogens is 374 g/mol. The maximum atomic E-state index is 13.4. The van der Waals surface area contributed by atoms with E-state index in [0.29, 0.717) is 38.2 Å². The highest BCUT2D eigenvalue weighted by molar-refractivity contribution is 5.80. The van der Waals surface area contributed by atoms with Crippen molar-refractivity contribution in [2.24, 2.45) is 5.41 Å². The van der Waals surface area contributed by atoms with Gasteiger partial charge in [-0.3, -0.25) is 9.59 Å². The Labute approximate surface area is 169 Å². The zero-order chi connectivity index (χ0) is 20.4. The third-order valence-corrected chi connectivity index (χ3v) is 6.09. The smallest absolute Gasteiger partial charge is 0.226 e. The van der Waals surface area contributed by atoms with Gasteiger partial charge in [0.1, 0.15) is 11.6 Å². The molecule has 4 nitrogen and oxygen atoms in total. The lowest BCUT2D eigenvalue weighted by Gasteiger charge is -2.39. The van der Waals surface area contributed by atoms with Crippen molar-refractivity contribution < 1.29 is 18.4 Å². The van der Waals surface area contributed by atoms with Crippen LogP contribution in [0.15, 0.2) is 48.5 Å². The van der Waals surface area contributed by atoms with Crippen molar-refractivity contribution in [2.45, 2.75) is 32.2 Å². The summed E-state index contributed by atoms with van der Waals surface area (Å²) >= 11 is 0. The summed E-state index contributed by atoms with van der Waals surface area (Å²) in [6, 6.07) is 12.5. The molecule has 0 aromatic heterocycles. The van der Waals surface area contributed by atoms with E-state index in [0.717, 1.165) is 18.4 Å². The Kier molecular flexibility index (Phi) is 5.35. The van der Waals surface area contributed by atoms with Crippen LogP contribution in [0.2, 0.25) is 0 Å². The van der Waals surface area contributed by atoms with Gasteiger partial charge in [0.2, 0.25) is 11.8 Å². The largest absolute Gasteiger partial charge is 0.342 e. The summed E-state index contributed by atoms with van der Waals surface area (Å²) in [6.07, 6.45) is 2.21. The highest BCUT2D eigenvalue weighted by Gasteiger charge is 2.45.